The minimum Gasteiger partial charge on any atom is -0.444 e. The number of anilines is 1. The van der Waals surface area contributed by atoms with Crippen LogP contribution in [0.15, 0.2) is 36.8 Å². The lowest BCUT2D eigenvalue weighted by atomic mass is 10.0. The molecule has 4 heterocycles. The first-order chi connectivity index (χ1) is 16.2. The van der Waals surface area contributed by atoms with E-state index in [1.807, 2.05) is 20.8 Å². The van der Waals surface area contributed by atoms with Crippen molar-refractivity contribution in [1.82, 2.24) is 24.3 Å². The van der Waals surface area contributed by atoms with Gasteiger partial charge in [-0.1, -0.05) is 6.07 Å². The zero-order chi connectivity index (χ0) is 25.6. The summed E-state index contributed by atoms with van der Waals surface area (Å²) >= 11 is 0. The number of fused-ring (bicyclic) bond motifs is 1. The van der Waals surface area contributed by atoms with Gasteiger partial charge in [-0.2, -0.15) is 13.2 Å². The average molecular weight is 493 g/mol. The maximum Gasteiger partial charge on any atom is 0.422 e. The SMILES string of the molecule is CC(C)(C)OC(=O)N1CCC(Nc2cccc(-c3cnc4cnc(C(C)(O)C(F)(F)F)cn34)n2)C1. The number of rotatable bonds is 4. The van der Waals surface area contributed by atoms with E-state index in [1.54, 1.807) is 23.1 Å². The molecule has 2 N–H and O–H groups in total. The Balaban J connectivity index is 1.54. The molecule has 35 heavy (non-hydrogen) atoms. The van der Waals surface area contributed by atoms with Crippen LogP contribution in [-0.4, -0.2) is 66.4 Å². The van der Waals surface area contributed by atoms with Crippen LogP contribution in [0.4, 0.5) is 23.8 Å². The van der Waals surface area contributed by atoms with E-state index in [4.69, 9.17) is 4.74 Å². The summed E-state index contributed by atoms with van der Waals surface area (Å²) in [5.74, 6) is 0.546. The lowest BCUT2D eigenvalue weighted by Crippen LogP contribution is -2.40. The van der Waals surface area contributed by atoms with Crippen molar-refractivity contribution < 1.29 is 27.8 Å². The molecule has 2 unspecified atom stereocenters. The number of hydrogen-bond acceptors (Lipinski definition) is 7. The van der Waals surface area contributed by atoms with Crippen LogP contribution in [0.5, 0.6) is 0 Å². The van der Waals surface area contributed by atoms with Crippen LogP contribution in [0.2, 0.25) is 0 Å². The van der Waals surface area contributed by atoms with Crippen molar-refractivity contribution in [3.05, 3.63) is 42.5 Å². The Hall–Kier alpha value is -3.41. The van der Waals surface area contributed by atoms with E-state index in [1.165, 1.54) is 16.8 Å². The number of ether oxygens (including phenoxy) is 1. The van der Waals surface area contributed by atoms with Crippen molar-refractivity contribution in [2.24, 2.45) is 0 Å². The third kappa shape index (κ3) is 5.16. The Bertz CT molecular complexity index is 1240. The summed E-state index contributed by atoms with van der Waals surface area (Å²) < 4.78 is 46.8. The predicted octanol–water partition coefficient (Wildman–Crippen LogP) is 3.98. The Morgan fingerprint density at radius 2 is 1.91 bits per heavy atom. The summed E-state index contributed by atoms with van der Waals surface area (Å²) in [6.07, 6.45) is -0.788. The van der Waals surface area contributed by atoms with E-state index in [2.05, 4.69) is 20.3 Å². The topological polar surface area (TPSA) is 105 Å². The predicted molar refractivity (Wildman–Crippen MR) is 122 cm³/mol. The van der Waals surface area contributed by atoms with E-state index in [-0.39, 0.29) is 12.1 Å². The number of hydrogen-bond donors (Lipinski definition) is 2. The largest absolute Gasteiger partial charge is 0.444 e. The number of likely N-dealkylation sites (tertiary alicyclic amines) is 1. The van der Waals surface area contributed by atoms with Gasteiger partial charge in [0.2, 0.25) is 5.60 Å². The first-order valence-corrected chi connectivity index (χ1v) is 11.1. The number of nitrogens with one attached hydrogen (secondary N) is 1. The Labute approximate surface area is 200 Å². The molecular weight excluding hydrogens is 465 g/mol. The molecule has 9 nitrogen and oxygen atoms in total. The summed E-state index contributed by atoms with van der Waals surface area (Å²) in [7, 11) is 0. The quantitative estimate of drug-likeness (QED) is 0.568. The third-order valence-corrected chi connectivity index (χ3v) is 5.65. The van der Waals surface area contributed by atoms with Crippen LogP contribution in [0.3, 0.4) is 0 Å². The molecule has 0 aliphatic carbocycles. The molecule has 0 spiro atoms. The monoisotopic (exact) mass is 492 g/mol. The average Bonchev–Trinajstić information content (AvgIpc) is 3.38. The van der Waals surface area contributed by atoms with Gasteiger partial charge in [0.1, 0.15) is 11.4 Å². The zero-order valence-electron chi connectivity index (χ0n) is 19.8. The molecule has 3 aromatic rings. The smallest absolute Gasteiger partial charge is 0.422 e. The van der Waals surface area contributed by atoms with Crippen molar-refractivity contribution in [3.8, 4) is 11.4 Å². The van der Waals surface area contributed by atoms with Crippen LogP contribution in [0.25, 0.3) is 17.0 Å². The van der Waals surface area contributed by atoms with Crippen molar-refractivity contribution in [2.45, 2.75) is 57.5 Å². The lowest BCUT2D eigenvalue weighted by Gasteiger charge is -2.25. The Kier molecular flexibility index (Phi) is 6.12. The molecule has 3 aromatic heterocycles. The van der Waals surface area contributed by atoms with Crippen LogP contribution in [0.1, 0.15) is 39.8 Å². The second-order valence-corrected chi connectivity index (χ2v) is 9.68. The van der Waals surface area contributed by atoms with Gasteiger partial charge in [-0.15, -0.1) is 0 Å². The fourth-order valence-corrected chi connectivity index (χ4v) is 3.71. The summed E-state index contributed by atoms with van der Waals surface area (Å²) in [4.78, 5) is 26.5. The molecule has 1 fully saturated rings. The fraction of sp³-hybridized carbons (Fsp3) is 0.478. The zero-order valence-corrected chi connectivity index (χ0v) is 19.8. The Morgan fingerprint density at radius 1 is 1.17 bits per heavy atom. The van der Waals surface area contributed by atoms with E-state index in [0.717, 1.165) is 6.20 Å². The van der Waals surface area contributed by atoms with Gasteiger partial charge in [0.15, 0.2) is 5.65 Å². The Morgan fingerprint density at radius 3 is 2.60 bits per heavy atom. The molecule has 4 rings (SSSR count). The number of nitrogens with zero attached hydrogens (tertiary/aromatic N) is 5. The molecule has 0 radical (unpaired) electrons. The standard InChI is InChI=1S/C23H27F3N6O3/c1-21(2,3)35-20(33)31-9-8-14(12-31)29-18-7-5-6-15(30-18)16-10-28-19-11-27-17(13-32(16)19)22(4,34)23(24,25)26/h5-7,10-11,13-14,34H,8-9,12H2,1-4H3,(H,29,30). The number of carbonyl (C=O) groups is 1. The molecule has 1 aliphatic rings. The number of halogens is 3. The van der Waals surface area contributed by atoms with E-state index in [0.29, 0.717) is 49.3 Å². The maximum absolute atomic E-state index is 13.3. The highest BCUT2D eigenvalue weighted by Crippen LogP contribution is 2.37. The minimum absolute atomic E-state index is 0.0369. The van der Waals surface area contributed by atoms with Gasteiger partial charge in [0, 0.05) is 25.3 Å². The summed E-state index contributed by atoms with van der Waals surface area (Å²) in [5.41, 5.74) is -3.04. The highest BCUT2D eigenvalue weighted by atomic mass is 19.4. The number of alkyl halides is 3. The number of pyridine rings is 1. The van der Waals surface area contributed by atoms with E-state index >= 15 is 0 Å². The highest BCUT2D eigenvalue weighted by Gasteiger charge is 2.52. The molecule has 12 heteroatoms. The van der Waals surface area contributed by atoms with Crippen molar-refractivity contribution in [1.29, 1.82) is 0 Å². The molecular formula is C23H27F3N6O3. The number of imidazole rings is 1. The van der Waals surface area contributed by atoms with Gasteiger partial charge in [0.25, 0.3) is 0 Å². The summed E-state index contributed by atoms with van der Waals surface area (Å²) in [6.45, 7) is 7.11. The summed E-state index contributed by atoms with van der Waals surface area (Å²) in [5, 5.41) is 13.3. The van der Waals surface area contributed by atoms with Gasteiger partial charge in [-0.05, 0) is 46.2 Å². The number of carbonyl (C=O) groups excluding carboxylic acids is 1. The first kappa shape index (κ1) is 24.7. The molecule has 1 saturated heterocycles. The van der Waals surface area contributed by atoms with Gasteiger partial charge < -0.3 is 20.1 Å². The molecule has 0 bridgehead atoms. The second kappa shape index (κ2) is 8.67. The minimum atomic E-state index is -4.90. The number of amides is 1. The number of aromatic nitrogens is 4. The maximum atomic E-state index is 13.3. The third-order valence-electron chi connectivity index (χ3n) is 5.65. The van der Waals surface area contributed by atoms with E-state index in [9.17, 15) is 23.1 Å². The van der Waals surface area contributed by atoms with Gasteiger partial charge in [-0.3, -0.25) is 9.38 Å². The molecule has 2 atom stereocenters. The van der Waals surface area contributed by atoms with Crippen LogP contribution in [-0.2, 0) is 10.3 Å². The molecule has 1 amide bonds. The molecule has 1 aliphatic heterocycles. The normalized spacial score (nSPS) is 18.5. The van der Waals surface area contributed by atoms with Crippen molar-refractivity contribution in [2.75, 3.05) is 18.4 Å². The van der Waals surface area contributed by atoms with Gasteiger partial charge in [0.05, 0.1) is 29.5 Å². The summed E-state index contributed by atoms with van der Waals surface area (Å²) in [6, 6.07) is 5.20. The molecule has 0 saturated carbocycles. The lowest BCUT2D eigenvalue weighted by molar-refractivity contribution is -0.260. The fourth-order valence-electron chi connectivity index (χ4n) is 3.71. The molecule has 188 valence electrons. The van der Waals surface area contributed by atoms with Crippen LogP contribution >= 0.6 is 0 Å². The van der Waals surface area contributed by atoms with Gasteiger partial charge >= 0.3 is 12.3 Å². The highest BCUT2D eigenvalue weighted by molar-refractivity contribution is 5.69. The van der Waals surface area contributed by atoms with Gasteiger partial charge in [-0.25, -0.2) is 14.8 Å². The van der Waals surface area contributed by atoms with Crippen LogP contribution < -0.4 is 5.32 Å². The first-order valence-electron chi connectivity index (χ1n) is 11.1. The van der Waals surface area contributed by atoms with Crippen LogP contribution in [0, 0.1) is 0 Å². The van der Waals surface area contributed by atoms with Crippen molar-refractivity contribution >= 4 is 17.6 Å². The second-order valence-electron chi connectivity index (χ2n) is 9.68. The van der Waals surface area contributed by atoms with E-state index < -0.39 is 23.1 Å². The van der Waals surface area contributed by atoms with Crippen molar-refractivity contribution in [3.63, 3.8) is 0 Å². The number of aliphatic hydroxyl groups is 1. The molecule has 0 aromatic carbocycles.